The van der Waals surface area contributed by atoms with Crippen molar-refractivity contribution in [1.29, 1.82) is 0 Å². The van der Waals surface area contributed by atoms with E-state index in [1.807, 2.05) is 18.2 Å². The zero-order chi connectivity index (χ0) is 13.4. The van der Waals surface area contributed by atoms with Gasteiger partial charge in [-0.05, 0) is 40.0 Å². The molecule has 0 aliphatic heterocycles. The second-order valence-corrected chi connectivity index (χ2v) is 4.87. The van der Waals surface area contributed by atoms with E-state index in [4.69, 9.17) is 9.47 Å². The Morgan fingerprint density at radius 3 is 2.72 bits per heavy atom. The molecule has 0 aliphatic rings. The van der Waals surface area contributed by atoms with Crippen molar-refractivity contribution >= 4 is 15.9 Å². The smallest absolute Gasteiger partial charge is 0.133 e. The number of aliphatic hydroxyl groups is 1. The molecule has 0 aromatic heterocycles. The summed E-state index contributed by atoms with van der Waals surface area (Å²) in [5.74, 6) is 0.817. The van der Waals surface area contributed by atoms with Gasteiger partial charge in [-0.1, -0.05) is 6.07 Å². The second-order valence-electron chi connectivity index (χ2n) is 4.01. The summed E-state index contributed by atoms with van der Waals surface area (Å²) >= 11 is 3.45. The maximum atomic E-state index is 9.22. The van der Waals surface area contributed by atoms with Crippen LogP contribution in [-0.2, 0) is 11.3 Å². The van der Waals surface area contributed by atoms with E-state index in [1.54, 1.807) is 14.2 Å². The highest BCUT2D eigenvalue weighted by atomic mass is 79.9. The molecule has 0 saturated heterocycles. The Morgan fingerprint density at radius 2 is 2.17 bits per heavy atom. The maximum absolute atomic E-state index is 9.22. The molecule has 102 valence electrons. The van der Waals surface area contributed by atoms with Gasteiger partial charge in [0.15, 0.2) is 0 Å². The molecular weight excluding hydrogens is 298 g/mol. The van der Waals surface area contributed by atoms with Gasteiger partial charge in [-0.3, -0.25) is 0 Å². The summed E-state index contributed by atoms with van der Waals surface area (Å²) in [5.41, 5.74) is 1.14. The van der Waals surface area contributed by atoms with E-state index in [1.165, 1.54) is 0 Å². The molecule has 1 aromatic rings. The predicted octanol–water partition coefficient (Wildman–Crippen LogP) is 1.94. The first kappa shape index (κ1) is 15.4. The summed E-state index contributed by atoms with van der Waals surface area (Å²) in [4.78, 5) is 0. The lowest BCUT2D eigenvalue weighted by molar-refractivity contribution is 0.159. The van der Waals surface area contributed by atoms with Gasteiger partial charge in [0.2, 0.25) is 0 Å². The van der Waals surface area contributed by atoms with Crippen LogP contribution < -0.4 is 10.1 Å². The lowest BCUT2D eigenvalue weighted by Gasteiger charge is -2.16. The summed E-state index contributed by atoms with van der Waals surface area (Å²) < 4.78 is 11.1. The fourth-order valence-corrected chi connectivity index (χ4v) is 2.19. The van der Waals surface area contributed by atoms with Crippen molar-refractivity contribution in [2.75, 3.05) is 27.4 Å². The van der Waals surface area contributed by atoms with Crippen molar-refractivity contribution in [2.24, 2.45) is 0 Å². The number of halogens is 1. The molecule has 0 amide bonds. The third-order valence-electron chi connectivity index (χ3n) is 2.70. The Morgan fingerprint density at radius 1 is 1.39 bits per heavy atom. The zero-order valence-electron chi connectivity index (χ0n) is 10.8. The van der Waals surface area contributed by atoms with Gasteiger partial charge in [0.05, 0.1) is 18.2 Å². The lowest BCUT2D eigenvalue weighted by atomic mass is 10.2. The van der Waals surface area contributed by atoms with Crippen LogP contribution in [0.3, 0.4) is 0 Å². The van der Waals surface area contributed by atoms with Crippen molar-refractivity contribution < 1.29 is 14.6 Å². The number of benzene rings is 1. The third kappa shape index (κ3) is 4.94. The fourth-order valence-electron chi connectivity index (χ4n) is 1.60. The number of methoxy groups -OCH3 is 2. The van der Waals surface area contributed by atoms with Crippen LogP contribution >= 0.6 is 15.9 Å². The standard InChI is InChI=1S/C13H20BrNO3/c1-17-6-5-11(9-16)15-8-10-3-4-13(18-2)12(14)7-10/h3-4,7,11,15-16H,5-6,8-9H2,1-2H3. The fraction of sp³-hybridized carbons (Fsp3) is 0.538. The van der Waals surface area contributed by atoms with Crippen LogP contribution in [0, 0.1) is 0 Å². The predicted molar refractivity (Wildman–Crippen MR) is 74.9 cm³/mol. The minimum Gasteiger partial charge on any atom is -0.496 e. The molecule has 18 heavy (non-hydrogen) atoms. The van der Waals surface area contributed by atoms with Crippen LogP contribution in [0.1, 0.15) is 12.0 Å². The Kier molecular flexibility index (Phi) is 7.27. The third-order valence-corrected chi connectivity index (χ3v) is 3.32. The van der Waals surface area contributed by atoms with Crippen molar-refractivity contribution in [1.82, 2.24) is 5.32 Å². The maximum Gasteiger partial charge on any atom is 0.133 e. The summed E-state index contributed by atoms with van der Waals surface area (Å²) in [7, 11) is 3.31. The Hall–Kier alpha value is -0.620. The van der Waals surface area contributed by atoms with Gasteiger partial charge in [0.25, 0.3) is 0 Å². The molecule has 0 bridgehead atoms. The number of nitrogens with one attached hydrogen (secondary N) is 1. The Bertz CT molecular complexity index is 360. The molecule has 0 saturated carbocycles. The number of rotatable bonds is 8. The number of hydrogen-bond acceptors (Lipinski definition) is 4. The zero-order valence-corrected chi connectivity index (χ0v) is 12.4. The van der Waals surface area contributed by atoms with Gasteiger partial charge in [0.1, 0.15) is 5.75 Å². The van der Waals surface area contributed by atoms with E-state index in [2.05, 4.69) is 21.2 Å². The normalized spacial score (nSPS) is 12.4. The number of aliphatic hydroxyl groups excluding tert-OH is 1. The average molecular weight is 318 g/mol. The number of ether oxygens (including phenoxy) is 2. The summed E-state index contributed by atoms with van der Waals surface area (Å²) in [5, 5.41) is 12.5. The lowest BCUT2D eigenvalue weighted by Crippen LogP contribution is -2.33. The summed E-state index contributed by atoms with van der Waals surface area (Å²) in [6.45, 7) is 1.46. The minimum absolute atomic E-state index is 0.0610. The topological polar surface area (TPSA) is 50.7 Å². The van der Waals surface area contributed by atoms with E-state index in [0.717, 1.165) is 22.2 Å². The molecule has 5 heteroatoms. The molecule has 1 aromatic carbocycles. The molecule has 0 heterocycles. The van der Waals surface area contributed by atoms with Crippen LogP contribution in [0.5, 0.6) is 5.75 Å². The SMILES string of the molecule is COCCC(CO)NCc1ccc(OC)c(Br)c1. The van der Waals surface area contributed by atoms with E-state index in [-0.39, 0.29) is 12.6 Å². The Labute approximate surface area is 116 Å². The molecule has 1 atom stereocenters. The highest BCUT2D eigenvalue weighted by Crippen LogP contribution is 2.25. The summed E-state index contributed by atoms with van der Waals surface area (Å²) in [6.07, 6.45) is 0.796. The van der Waals surface area contributed by atoms with Crippen molar-refractivity contribution in [3.05, 3.63) is 28.2 Å². The Balaban J connectivity index is 2.49. The molecule has 4 nitrogen and oxygen atoms in total. The monoisotopic (exact) mass is 317 g/mol. The van der Waals surface area contributed by atoms with Gasteiger partial charge in [0, 0.05) is 26.3 Å². The van der Waals surface area contributed by atoms with Gasteiger partial charge in [-0.2, -0.15) is 0 Å². The van der Waals surface area contributed by atoms with Crippen LogP contribution in [-0.4, -0.2) is 38.6 Å². The van der Waals surface area contributed by atoms with Crippen LogP contribution in [0.2, 0.25) is 0 Å². The van der Waals surface area contributed by atoms with Crippen LogP contribution in [0.4, 0.5) is 0 Å². The first-order valence-corrected chi connectivity index (χ1v) is 6.66. The largest absolute Gasteiger partial charge is 0.496 e. The van der Waals surface area contributed by atoms with Gasteiger partial charge in [-0.15, -0.1) is 0 Å². The highest BCUT2D eigenvalue weighted by molar-refractivity contribution is 9.10. The number of hydrogen-bond donors (Lipinski definition) is 2. The van der Waals surface area contributed by atoms with E-state index in [9.17, 15) is 5.11 Å². The van der Waals surface area contributed by atoms with Gasteiger partial charge in [-0.25, -0.2) is 0 Å². The molecule has 0 aliphatic carbocycles. The van der Waals surface area contributed by atoms with Crippen molar-refractivity contribution in [3.8, 4) is 5.75 Å². The molecule has 2 N–H and O–H groups in total. The first-order valence-electron chi connectivity index (χ1n) is 5.86. The van der Waals surface area contributed by atoms with Crippen LogP contribution in [0.25, 0.3) is 0 Å². The molecular formula is C13H20BrNO3. The summed E-state index contributed by atoms with van der Waals surface area (Å²) in [6, 6.07) is 5.99. The van der Waals surface area contributed by atoms with E-state index < -0.39 is 0 Å². The molecule has 0 radical (unpaired) electrons. The molecule has 0 spiro atoms. The second kappa shape index (κ2) is 8.48. The van der Waals surface area contributed by atoms with Crippen molar-refractivity contribution in [3.63, 3.8) is 0 Å². The molecule has 1 unspecified atom stereocenters. The molecule has 0 fully saturated rings. The molecule has 1 rings (SSSR count). The minimum atomic E-state index is 0.0610. The van der Waals surface area contributed by atoms with Gasteiger partial charge >= 0.3 is 0 Å². The van der Waals surface area contributed by atoms with Gasteiger partial charge < -0.3 is 19.9 Å². The first-order chi connectivity index (χ1) is 8.71. The highest BCUT2D eigenvalue weighted by Gasteiger charge is 2.07. The van der Waals surface area contributed by atoms with E-state index in [0.29, 0.717) is 13.2 Å². The average Bonchev–Trinajstić information content (AvgIpc) is 2.39. The van der Waals surface area contributed by atoms with E-state index >= 15 is 0 Å². The quantitative estimate of drug-likeness (QED) is 0.769. The van der Waals surface area contributed by atoms with Crippen LogP contribution in [0.15, 0.2) is 22.7 Å². The van der Waals surface area contributed by atoms with Crippen molar-refractivity contribution in [2.45, 2.75) is 19.0 Å².